The molecule has 3 heteroatoms. The molecule has 0 spiro atoms. The van der Waals surface area contributed by atoms with Crippen LogP contribution in [0.4, 0.5) is 0 Å². The van der Waals surface area contributed by atoms with Gasteiger partial charge in [0.25, 0.3) is 0 Å². The van der Waals surface area contributed by atoms with Crippen LogP contribution >= 0.6 is 0 Å². The van der Waals surface area contributed by atoms with Crippen LogP contribution in [-0.2, 0) is 0 Å². The fourth-order valence-corrected chi connectivity index (χ4v) is 3.94. The summed E-state index contributed by atoms with van der Waals surface area (Å²) >= 11 is 0. The minimum absolute atomic E-state index is 0.425. The van der Waals surface area contributed by atoms with Gasteiger partial charge in [0.2, 0.25) is 0 Å². The molecule has 3 rings (SSSR count). The second-order valence-electron chi connectivity index (χ2n) is 6.02. The second-order valence-corrected chi connectivity index (χ2v) is 6.02. The Labute approximate surface area is 116 Å². The maximum absolute atomic E-state index is 4.54. The molecule has 2 bridgehead atoms. The zero-order valence-electron chi connectivity index (χ0n) is 12.0. The van der Waals surface area contributed by atoms with Gasteiger partial charge in [0.1, 0.15) is 0 Å². The van der Waals surface area contributed by atoms with Crippen LogP contribution in [0.25, 0.3) is 0 Å². The van der Waals surface area contributed by atoms with Crippen LogP contribution in [-0.4, -0.2) is 34.6 Å². The first-order valence-corrected chi connectivity index (χ1v) is 7.70. The fraction of sp³-hybridized carbons (Fsp3) is 0.688. The third-order valence-electron chi connectivity index (χ3n) is 4.90. The largest absolute Gasteiger partial charge is 0.311 e. The molecule has 1 N–H and O–H groups in total. The summed E-state index contributed by atoms with van der Waals surface area (Å²) in [4.78, 5) is 7.19. The van der Waals surface area contributed by atoms with Crippen molar-refractivity contribution in [1.29, 1.82) is 0 Å². The summed E-state index contributed by atoms with van der Waals surface area (Å²) in [6.07, 6.45) is 7.27. The molecule has 2 aliphatic heterocycles. The van der Waals surface area contributed by atoms with Gasteiger partial charge < -0.3 is 5.32 Å². The summed E-state index contributed by atoms with van der Waals surface area (Å²) in [5.74, 6) is 0. The van der Waals surface area contributed by atoms with Gasteiger partial charge in [-0.25, -0.2) is 0 Å². The number of fused-ring (bicyclic) bond motifs is 2. The summed E-state index contributed by atoms with van der Waals surface area (Å²) < 4.78 is 0. The highest BCUT2D eigenvalue weighted by molar-refractivity contribution is 5.09. The second kappa shape index (κ2) is 5.59. The Bertz CT molecular complexity index is 394. The van der Waals surface area contributed by atoms with E-state index in [2.05, 4.69) is 41.2 Å². The predicted molar refractivity (Wildman–Crippen MR) is 78.0 cm³/mol. The lowest BCUT2D eigenvalue weighted by atomic mass is 9.96. The van der Waals surface area contributed by atoms with E-state index in [1.807, 2.05) is 12.3 Å². The number of hydrogen-bond donors (Lipinski definition) is 1. The van der Waals surface area contributed by atoms with Crippen molar-refractivity contribution in [1.82, 2.24) is 15.2 Å². The maximum atomic E-state index is 4.54. The minimum atomic E-state index is 0.425. The minimum Gasteiger partial charge on any atom is -0.311 e. The van der Waals surface area contributed by atoms with E-state index in [1.54, 1.807) is 0 Å². The molecule has 2 aliphatic rings. The van der Waals surface area contributed by atoms with Crippen molar-refractivity contribution < 1.29 is 0 Å². The molecule has 2 saturated heterocycles. The van der Waals surface area contributed by atoms with Gasteiger partial charge in [-0.05, 0) is 51.3 Å². The molecule has 1 aromatic heterocycles. The highest BCUT2D eigenvalue weighted by Gasteiger charge is 2.37. The third kappa shape index (κ3) is 2.67. The lowest BCUT2D eigenvalue weighted by Crippen LogP contribution is -2.49. The quantitative estimate of drug-likeness (QED) is 0.901. The molecule has 3 heterocycles. The normalized spacial score (nSPS) is 31.6. The zero-order chi connectivity index (χ0) is 13.2. The Balaban J connectivity index is 1.73. The molecular weight excluding hydrogens is 234 g/mol. The van der Waals surface area contributed by atoms with E-state index < -0.39 is 0 Å². The van der Waals surface area contributed by atoms with E-state index in [0.717, 1.165) is 24.7 Å². The first-order chi connectivity index (χ1) is 9.28. The summed E-state index contributed by atoms with van der Waals surface area (Å²) in [7, 11) is 0. The Hall–Kier alpha value is -0.930. The Morgan fingerprint density at radius 3 is 2.63 bits per heavy atom. The molecule has 104 valence electrons. The molecule has 1 aromatic rings. The SMILES string of the molecule is CCN(C1CC2CCC(C1)N2)C(C)c1ccccn1. The van der Waals surface area contributed by atoms with E-state index >= 15 is 0 Å². The first kappa shape index (κ1) is 13.1. The van der Waals surface area contributed by atoms with Crippen LogP contribution < -0.4 is 5.32 Å². The van der Waals surface area contributed by atoms with Crippen molar-refractivity contribution in [2.45, 2.75) is 63.7 Å². The van der Waals surface area contributed by atoms with Crippen LogP contribution in [0.3, 0.4) is 0 Å². The Morgan fingerprint density at radius 1 is 1.32 bits per heavy atom. The van der Waals surface area contributed by atoms with Crippen molar-refractivity contribution in [3.8, 4) is 0 Å². The van der Waals surface area contributed by atoms with Crippen molar-refractivity contribution in [2.75, 3.05) is 6.54 Å². The van der Waals surface area contributed by atoms with Gasteiger partial charge in [0.15, 0.2) is 0 Å². The molecule has 0 amide bonds. The van der Waals surface area contributed by atoms with Crippen LogP contribution in [0.1, 0.15) is 51.3 Å². The molecule has 0 aromatic carbocycles. The number of hydrogen-bond acceptors (Lipinski definition) is 3. The topological polar surface area (TPSA) is 28.2 Å². The fourth-order valence-electron chi connectivity index (χ4n) is 3.94. The molecular formula is C16H25N3. The average molecular weight is 259 g/mol. The number of nitrogens with one attached hydrogen (secondary N) is 1. The van der Waals surface area contributed by atoms with E-state index in [-0.39, 0.29) is 0 Å². The van der Waals surface area contributed by atoms with Crippen molar-refractivity contribution >= 4 is 0 Å². The lowest BCUT2D eigenvalue weighted by molar-refractivity contribution is 0.106. The average Bonchev–Trinajstić information content (AvgIpc) is 2.79. The third-order valence-corrected chi connectivity index (χ3v) is 4.90. The van der Waals surface area contributed by atoms with Crippen molar-refractivity contribution in [3.63, 3.8) is 0 Å². The van der Waals surface area contributed by atoms with Gasteiger partial charge >= 0.3 is 0 Å². The van der Waals surface area contributed by atoms with Crippen LogP contribution in [0.15, 0.2) is 24.4 Å². The van der Waals surface area contributed by atoms with Crippen LogP contribution in [0.5, 0.6) is 0 Å². The van der Waals surface area contributed by atoms with E-state index in [0.29, 0.717) is 6.04 Å². The lowest BCUT2D eigenvalue weighted by Gasteiger charge is -2.40. The van der Waals surface area contributed by atoms with E-state index in [4.69, 9.17) is 0 Å². The molecule has 2 fully saturated rings. The summed E-state index contributed by atoms with van der Waals surface area (Å²) in [6, 6.07) is 8.91. The number of aromatic nitrogens is 1. The van der Waals surface area contributed by atoms with Gasteiger partial charge in [-0.2, -0.15) is 0 Å². The summed E-state index contributed by atoms with van der Waals surface area (Å²) in [5, 5.41) is 3.74. The Kier molecular flexibility index (Phi) is 3.85. The van der Waals surface area contributed by atoms with Gasteiger partial charge in [-0.15, -0.1) is 0 Å². The van der Waals surface area contributed by atoms with Crippen LogP contribution in [0, 0.1) is 0 Å². The van der Waals surface area contributed by atoms with Crippen molar-refractivity contribution in [2.24, 2.45) is 0 Å². The molecule has 19 heavy (non-hydrogen) atoms. The van der Waals surface area contributed by atoms with Gasteiger partial charge in [0.05, 0.1) is 5.69 Å². The maximum Gasteiger partial charge on any atom is 0.0572 e. The Morgan fingerprint density at radius 2 is 2.05 bits per heavy atom. The summed E-state index contributed by atoms with van der Waals surface area (Å²) in [5.41, 5.74) is 1.20. The van der Waals surface area contributed by atoms with E-state index in [9.17, 15) is 0 Å². The number of piperidine rings is 1. The van der Waals surface area contributed by atoms with Crippen molar-refractivity contribution in [3.05, 3.63) is 30.1 Å². The molecule has 0 saturated carbocycles. The van der Waals surface area contributed by atoms with Gasteiger partial charge in [0, 0.05) is 30.4 Å². The van der Waals surface area contributed by atoms with Crippen LogP contribution in [0.2, 0.25) is 0 Å². The molecule has 3 nitrogen and oxygen atoms in total. The highest BCUT2D eigenvalue weighted by atomic mass is 15.2. The number of nitrogens with zero attached hydrogens (tertiary/aromatic N) is 2. The first-order valence-electron chi connectivity index (χ1n) is 7.70. The van der Waals surface area contributed by atoms with Gasteiger partial charge in [-0.3, -0.25) is 9.88 Å². The van der Waals surface area contributed by atoms with Gasteiger partial charge in [-0.1, -0.05) is 13.0 Å². The molecule has 0 radical (unpaired) electrons. The van der Waals surface area contributed by atoms with E-state index in [1.165, 1.54) is 31.4 Å². The standard InChI is InChI=1S/C16H25N3/c1-3-19(12(2)16-6-4-5-9-17-16)15-10-13-7-8-14(11-15)18-13/h4-6,9,12-15,18H,3,7-8,10-11H2,1-2H3. The zero-order valence-corrected chi connectivity index (χ0v) is 12.0. The smallest absolute Gasteiger partial charge is 0.0572 e. The molecule has 0 aliphatic carbocycles. The number of pyridine rings is 1. The molecule has 3 unspecified atom stereocenters. The molecule has 3 atom stereocenters. The summed E-state index contributed by atoms with van der Waals surface area (Å²) in [6.45, 7) is 5.70. The monoisotopic (exact) mass is 259 g/mol. The predicted octanol–water partition coefficient (Wildman–Crippen LogP) is 2.75. The number of rotatable bonds is 4. The highest BCUT2D eigenvalue weighted by Crippen LogP contribution is 2.33.